The molecule has 158 valence electrons. The van der Waals surface area contributed by atoms with Crippen molar-refractivity contribution >= 4 is 28.5 Å². The number of carbonyl (C=O) groups is 1. The predicted octanol–water partition coefficient (Wildman–Crippen LogP) is 5.87. The van der Waals surface area contributed by atoms with Crippen molar-refractivity contribution in [1.29, 1.82) is 5.26 Å². The van der Waals surface area contributed by atoms with Gasteiger partial charge in [-0.2, -0.15) is 5.26 Å². The van der Waals surface area contributed by atoms with E-state index in [1.807, 2.05) is 6.07 Å². The largest absolute Gasteiger partial charge is 0.478 e. The third-order valence-corrected chi connectivity index (χ3v) is 5.06. The monoisotopic (exact) mass is 432 g/mol. The molecule has 0 unspecified atom stereocenters. The fourth-order valence-electron chi connectivity index (χ4n) is 3.53. The highest BCUT2D eigenvalue weighted by atomic mass is 19.1. The van der Waals surface area contributed by atoms with Crippen LogP contribution in [-0.2, 0) is 6.54 Å². The molecule has 0 atom stereocenters. The number of hydrogen-bond acceptors (Lipinski definition) is 2. The van der Waals surface area contributed by atoms with Gasteiger partial charge in [-0.05, 0) is 47.5 Å². The molecule has 0 aliphatic heterocycles. The lowest BCUT2D eigenvalue weighted by atomic mass is 10.0. The molecule has 0 bridgehead atoms. The van der Waals surface area contributed by atoms with E-state index >= 15 is 0 Å². The van der Waals surface area contributed by atoms with Gasteiger partial charge in [0.2, 0.25) is 0 Å². The van der Waals surface area contributed by atoms with Crippen LogP contribution in [0.25, 0.3) is 22.6 Å². The average molecular weight is 432 g/mol. The van der Waals surface area contributed by atoms with E-state index in [1.165, 1.54) is 48.5 Å². The highest BCUT2D eigenvalue weighted by Gasteiger charge is 2.15. The highest BCUT2D eigenvalue weighted by molar-refractivity contribution is 5.99. The first kappa shape index (κ1) is 20.9. The summed E-state index contributed by atoms with van der Waals surface area (Å²) in [6.45, 7) is 0.239. The van der Waals surface area contributed by atoms with Gasteiger partial charge < -0.3 is 9.67 Å². The molecule has 0 spiro atoms. The molecular weight excluding hydrogens is 417 g/mol. The first-order valence-corrected chi connectivity index (χ1v) is 9.53. The van der Waals surface area contributed by atoms with Gasteiger partial charge >= 0.3 is 5.97 Å². The fraction of sp³-hybridized carbons (Fsp3) is 0.0400. The Labute approximate surface area is 181 Å². The molecular formula is C25H15F3N2O2. The van der Waals surface area contributed by atoms with Crippen molar-refractivity contribution in [3.8, 4) is 6.07 Å². The summed E-state index contributed by atoms with van der Waals surface area (Å²) >= 11 is 0. The van der Waals surface area contributed by atoms with Crippen molar-refractivity contribution in [1.82, 2.24) is 4.57 Å². The van der Waals surface area contributed by atoms with Gasteiger partial charge in [0.15, 0.2) is 0 Å². The van der Waals surface area contributed by atoms with Gasteiger partial charge in [0.25, 0.3) is 0 Å². The third-order valence-electron chi connectivity index (χ3n) is 5.06. The molecule has 0 aliphatic rings. The number of fused-ring (bicyclic) bond motifs is 1. The molecule has 3 aromatic carbocycles. The molecule has 0 amide bonds. The molecule has 1 aromatic heterocycles. The molecule has 32 heavy (non-hydrogen) atoms. The molecule has 0 fully saturated rings. The summed E-state index contributed by atoms with van der Waals surface area (Å²) in [6, 6.07) is 15.5. The van der Waals surface area contributed by atoms with Gasteiger partial charge in [-0.3, -0.25) is 0 Å². The van der Waals surface area contributed by atoms with Crippen molar-refractivity contribution in [2.24, 2.45) is 0 Å². The van der Waals surface area contributed by atoms with Crippen molar-refractivity contribution in [2.75, 3.05) is 0 Å². The minimum absolute atomic E-state index is 0.0726. The summed E-state index contributed by atoms with van der Waals surface area (Å²) in [5.74, 6) is -3.00. The fourth-order valence-corrected chi connectivity index (χ4v) is 3.53. The van der Waals surface area contributed by atoms with E-state index in [9.17, 15) is 23.2 Å². The molecule has 0 radical (unpaired) electrons. The Hall–Kier alpha value is -4.31. The van der Waals surface area contributed by atoms with E-state index in [1.54, 1.807) is 22.9 Å². The van der Waals surface area contributed by atoms with Crippen LogP contribution in [0.4, 0.5) is 13.2 Å². The summed E-state index contributed by atoms with van der Waals surface area (Å²) in [7, 11) is 0. The molecule has 7 heteroatoms. The smallest absolute Gasteiger partial charge is 0.335 e. The van der Waals surface area contributed by atoms with Gasteiger partial charge in [-0.25, -0.2) is 18.0 Å². The number of allylic oxidation sites excluding steroid dienone is 1. The van der Waals surface area contributed by atoms with E-state index in [4.69, 9.17) is 5.11 Å². The number of aromatic nitrogens is 1. The zero-order chi connectivity index (χ0) is 22.8. The van der Waals surface area contributed by atoms with Gasteiger partial charge in [-0.15, -0.1) is 0 Å². The Bertz CT molecular complexity index is 1400. The zero-order valence-electron chi connectivity index (χ0n) is 16.5. The van der Waals surface area contributed by atoms with Crippen LogP contribution in [0, 0.1) is 28.8 Å². The number of rotatable bonds is 5. The van der Waals surface area contributed by atoms with Crippen LogP contribution in [0.1, 0.15) is 27.0 Å². The van der Waals surface area contributed by atoms with Crippen molar-refractivity contribution < 1.29 is 23.1 Å². The molecule has 0 saturated carbocycles. The topological polar surface area (TPSA) is 66.0 Å². The predicted molar refractivity (Wildman–Crippen MR) is 114 cm³/mol. The highest BCUT2D eigenvalue weighted by Crippen LogP contribution is 2.30. The van der Waals surface area contributed by atoms with E-state index in [0.29, 0.717) is 11.1 Å². The Morgan fingerprint density at radius 2 is 1.62 bits per heavy atom. The maximum atomic E-state index is 14.7. The van der Waals surface area contributed by atoms with Crippen LogP contribution in [-0.4, -0.2) is 15.6 Å². The van der Waals surface area contributed by atoms with Crippen LogP contribution in [0.3, 0.4) is 0 Å². The lowest BCUT2D eigenvalue weighted by Gasteiger charge is -2.06. The second kappa shape index (κ2) is 8.44. The van der Waals surface area contributed by atoms with Crippen molar-refractivity contribution in [3.05, 3.63) is 107 Å². The molecule has 4 nitrogen and oxygen atoms in total. The first-order valence-electron chi connectivity index (χ1n) is 9.53. The van der Waals surface area contributed by atoms with Gasteiger partial charge in [0.05, 0.1) is 22.7 Å². The summed E-state index contributed by atoms with van der Waals surface area (Å²) < 4.78 is 43.5. The molecule has 1 heterocycles. The molecule has 1 N–H and O–H groups in total. The first-order chi connectivity index (χ1) is 15.4. The van der Waals surface area contributed by atoms with Gasteiger partial charge in [-0.1, -0.05) is 24.3 Å². The number of halogens is 3. The Balaban J connectivity index is 1.83. The van der Waals surface area contributed by atoms with Crippen LogP contribution < -0.4 is 0 Å². The Morgan fingerprint density at radius 3 is 2.25 bits per heavy atom. The molecule has 4 rings (SSSR count). The zero-order valence-corrected chi connectivity index (χ0v) is 16.5. The second-order valence-electron chi connectivity index (χ2n) is 7.17. The Morgan fingerprint density at radius 1 is 0.969 bits per heavy atom. The average Bonchev–Trinajstić information content (AvgIpc) is 3.10. The van der Waals surface area contributed by atoms with Gasteiger partial charge in [0.1, 0.15) is 17.5 Å². The number of benzene rings is 3. The number of carboxylic acid groups (broad SMARTS) is 1. The minimum Gasteiger partial charge on any atom is -0.478 e. The van der Waals surface area contributed by atoms with E-state index < -0.39 is 17.6 Å². The van der Waals surface area contributed by atoms with E-state index in [2.05, 4.69) is 0 Å². The van der Waals surface area contributed by atoms with E-state index in [0.717, 1.165) is 11.6 Å². The standard InChI is InChI=1S/C25H15F3N2O2/c26-20-7-1-15(2-8-20)13-30-14-19(24-22(28)10-21(27)11-23(24)30)9-18(12-29)16-3-5-17(6-4-16)25(31)32/h1-11,14H,13H2,(H,31,32). The number of carboxylic acids is 1. The van der Waals surface area contributed by atoms with Gasteiger partial charge in [0, 0.05) is 29.8 Å². The maximum absolute atomic E-state index is 14.7. The SMILES string of the molecule is N#CC(=Cc1cn(Cc2ccc(F)cc2)c2cc(F)cc(F)c12)c1ccc(C(=O)O)cc1. The van der Waals surface area contributed by atoms with Crippen LogP contribution in [0.15, 0.2) is 66.9 Å². The summed E-state index contributed by atoms with van der Waals surface area (Å²) in [4.78, 5) is 11.1. The summed E-state index contributed by atoms with van der Waals surface area (Å²) in [6.07, 6.45) is 3.07. The van der Waals surface area contributed by atoms with Crippen LogP contribution >= 0.6 is 0 Å². The normalized spacial score (nSPS) is 11.5. The number of aromatic carboxylic acids is 1. The summed E-state index contributed by atoms with van der Waals surface area (Å²) in [5, 5.41) is 18.8. The van der Waals surface area contributed by atoms with Crippen LogP contribution in [0.5, 0.6) is 0 Å². The summed E-state index contributed by atoms with van der Waals surface area (Å²) in [5.41, 5.74) is 2.10. The number of hydrogen-bond donors (Lipinski definition) is 1. The lowest BCUT2D eigenvalue weighted by molar-refractivity contribution is 0.0697. The second-order valence-corrected chi connectivity index (χ2v) is 7.17. The number of nitrogens with zero attached hydrogens (tertiary/aromatic N) is 2. The third kappa shape index (κ3) is 4.12. The quantitative estimate of drug-likeness (QED) is 0.401. The van der Waals surface area contributed by atoms with Crippen molar-refractivity contribution in [2.45, 2.75) is 6.54 Å². The minimum atomic E-state index is -1.09. The Kier molecular flexibility index (Phi) is 5.52. The van der Waals surface area contributed by atoms with E-state index in [-0.39, 0.29) is 34.4 Å². The maximum Gasteiger partial charge on any atom is 0.335 e. The molecule has 0 saturated heterocycles. The van der Waals surface area contributed by atoms with Crippen LogP contribution in [0.2, 0.25) is 0 Å². The molecule has 0 aliphatic carbocycles. The molecule has 4 aromatic rings. The lowest BCUT2D eigenvalue weighted by Crippen LogP contribution is -1.98. The van der Waals surface area contributed by atoms with Crippen molar-refractivity contribution in [3.63, 3.8) is 0 Å². The number of nitriles is 1.